The van der Waals surface area contributed by atoms with Crippen LogP contribution >= 0.6 is 0 Å². The average Bonchev–Trinajstić information content (AvgIpc) is 2.68. The number of hydrogen-bond donors (Lipinski definition) is 3. The van der Waals surface area contributed by atoms with Crippen LogP contribution in [0.1, 0.15) is 19.3 Å². The van der Waals surface area contributed by atoms with E-state index in [2.05, 4.69) is 0 Å². The van der Waals surface area contributed by atoms with Crippen molar-refractivity contribution in [2.45, 2.75) is 31.4 Å². The van der Waals surface area contributed by atoms with Crippen molar-refractivity contribution in [2.75, 3.05) is 6.61 Å². The number of nitrogens with two attached hydrogens (primary N) is 1. The summed E-state index contributed by atoms with van der Waals surface area (Å²) in [6.07, 6.45) is 2.52. The quantitative estimate of drug-likeness (QED) is 0.498. The fourth-order valence-corrected chi connectivity index (χ4v) is 1.06. The van der Waals surface area contributed by atoms with Gasteiger partial charge in [0, 0.05) is 6.04 Å². The maximum atomic E-state index is 9.30. The second-order valence-electron chi connectivity index (χ2n) is 3.08. The standard InChI is InChI=1S/C7H15NO2/c8-6(4-9)3-7(10)5-1-2-5/h5-7,9-10H,1-4,8H2/t6-,7?/m0/s1. The Labute approximate surface area is 60.9 Å². The first kappa shape index (κ1) is 7.98. The van der Waals surface area contributed by atoms with Crippen LogP contribution in [0.5, 0.6) is 0 Å². The highest BCUT2D eigenvalue weighted by atomic mass is 16.3. The van der Waals surface area contributed by atoms with Gasteiger partial charge in [-0.3, -0.25) is 0 Å². The fourth-order valence-electron chi connectivity index (χ4n) is 1.06. The van der Waals surface area contributed by atoms with Gasteiger partial charge in [-0.05, 0) is 25.2 Å². The van der Waals surface area contributed by atoms with E-state index in [4.69, 9.17) is 10.8 Å². The third-order valence-electron chi connectivity index (χ3n) is 1.94. The van der Waals surface area contributed by atoms with Crippen LogP contribution in [0.2, 0.25) is 0 Å². The Kier molecular flexibility index (Phi) is 2.65. The summed E-state index contributed by atoms with van der Waals surface area (Å²) in [5.74, 6) is 0.470. The first-order valence-corrected chi connectivity index (χ1v) is 3.78. The summed E-state index contributed by atoms with van der Waals surface area (Å²) in [6, 6.07) is -0.240. The Morgan fingerprint density at radius 2 is 2.10 bits per heavy atom. The second kappa shape index (κ2) is 3.32. The SMILES string of the molecule is N[C@H](CO)CC(O)C1CC1. The summed E-state index contributed by atoms with van der Waals surface area (Å²) in [7, 11) is 0. The van der Waals surface area contributed by atoms with Crippen molar-refractivity contribution < 1.29 is 10.2 Å². The van der Waals surface area contributed by atoms with Gasteiger partial charge in [-0.25, -0.2) is 0 Å². The monoisotopic (exact) mass is 145 g/mol. The topological polar surface area (TPSA) is 66.5 Å². The van der Waals surface area contributed by atoms with Gasteiger partial charge in [0.2, 0.25) is 0 Å². The molecule has 1 fully saturated rings. The van der Waals surface area contributed by atoms with E-state index in [0.717, 1.165) is 12.8 Å². The van der Waals surface area contributed by atoms with E-state index in [9.17, 15) is 5.11 Å². The first-order chi connectivity index (χ1) is 4.74. The average molecular weight is 145 g/mol. The first-order valence-electron chi connectivity index (χ1n) is 3.78. The zero-order valence-electron chi connectivity index (χ0n) is 6.03. The number of rotatable bonds is 4. The molecule has 0 spiro atoms. The Morgan fingerprint density at radius 1 is 1.50 bits per heavy atom. The van der Waals surface area contributed by atoms with Crippen molar-refractivity contribution in [3.63, 3.8) is 0 Å². The minimum atomic E-state index is -0.276. The van der Waals surface area contributed by atoms with Crippen molar-refractivity contribution in [2.24, 2.45) is 11.7 Å². The lowest BCUT2D eigenvalue weighted by Gasteiger charge is -2.12. The summed E-state index contributed by atoms with van der Waals surface area (Å²) < 4.78 is 0. The molecule has 0 aromatic heterocycles. The molecule has 1 aliphatic rings. The zero-order chi connectivity index (χ0) is 7.56. The molecule has 0 aromatic carbocycles. The molecule has 0 radical (unpaired) electrons. The van der Waals surface area contributed by atoms with E-state index in [1.54, 1.807) is 0 Å². The summed E-state index contributed by atoms with van der Waals surface area (Å²) in [6.45, 7) is -0.0240. The molecule has 0 aromatic rings. The smallest absolute Gasteiger partial charge is 0.0584 e. The Balaban J connectivity index is 2.10. The Morgan fingerprint density at radius 3 is 2.50 bits per heavy atom. The van der Waals surface area contributed by atoms with Crippen LogP contribution in [0.15, 0.2) is 0 Å². The molecule has 0 heterocycles. The van der Waals surface area contributed by atoms with Crippen LogP contribution in [-0.2, 0) is 0 Å². The third-order valence-corrected chi connectivity index (χ3v) is 1.94. The van der Waals surface area contributed by atoms with E-state index >= 15 is 0 Å². The molecule has 1 rings (SSSR count). The van der Waals surface area contributed by atoms with E-state index < -0.39 is 0 Å². The second-order valence-corrected chi connectivity index (χ2v) is 3.08. The van der Waals surface area contributed by atoms with Crippen LogP contribution < -0.4 is 5.73 Å². The highest BCUT2D eigenvalue weighted by Crippen LogP contribution is 2.34. The largest absolute Gasteiger partial charge is 0.395 e. The van der Waals surface area contributed by atoms with Gasteiger partial charge in [0.1, 0.15) is 0 Å². The van der Waals surface area contributed by atoms with Crippen molar-refractivity contribution in [1.29, 1.82) is 0 Å². The molecule has 1 unspecified atom stereocenters. The normalized spacial score (nSPS) is 24.3. The number of aliphatic hydroxyl groups is 2. The molecule has 1 aliphatic carbocycles. The van der Waals surface area contributed by atoms with Crippen molar-refractivity contribution >= 4 is 0 Å². The molecular formula is C7H15NO2. The van der Waals surface area contributed by atoms with Crippen molar-refractivity contribution in [3.05, 3.63) is 0 Å². The summed E-state index contributed by atoms with van der Waals surface area (Å²) >= 11 is 0. The maximum Gasteiger partial charge on any atom is 0.0584 e. The molecule has 60 valence electrons. The van der Waals surface area contributed by atoms with Crippen LogP contribution in [0.3, 0.4) is 0 Å². The van der Waals surface area contributed by atoms with Gasteiger partial charge in [-0.15, -0.1) is 0 Å². The lowest BCUT2D eigenvalue weighted by molar-refractivity contribution is 0.119. The minimum Gasteiger partial charge on any atom is -0.395 e. The molecule has 0 saturated heterocycles. The minimum absolute atomic E-state index is 0.0240. The van der Waals surface area contributed by atoms with E-state index in [1.807, 2.05) is 0 Å². The lowest BCUT2D eigenvalue weighted by atomic mass is 10.1. The molecule has 0 aliphatic heterocycles. The van der Waals surface area contributed by atoms with Gasteiger partial charge in [0.05, 0.1) is 12.7 Å². The van der Waals surface area contributed by atoms with Crippen LogP contribution in [0.4, 0.5) is 0 Å². The van der Waals surface area contributed by atoms with Gasteiger partial charge >= 0.3 is 0 Å². The fraction of sp³-hybridized carbons (Fsp3) is 1.00. The third kappa shape index (κ3) is 2.25. The molecule has 4 N–H and O–H groups in total. The van der Waals surface area contributed by atoms with Crippen molar-refractivity contribution in [3.8, 4) is 0 Å². The maximum absolute atomic E-state index is 9.30. The van der Waals surface area contributed by atoms with Gasteiger partial charge < -0.3 is 15.9 Å². The van der Waals surface area contributed by atoms with Crippen LogP contribution in [-0.4, -0.2) is 29.0 Å². The van der Waals surface area contributed by atoms with Gasteiger partial charge in [-0.1, -0.05) is 0 Å². The molecule has 3 heteroatoms. The Bertz CT molecular complexity index is 104. The van der Waals surface area contributed by atoms with Gasteiger partial charge in [0.15, 0.2) is 0 Å². The van der Waals surface area contributed by atoms with E-state index in [0.29, 0.717) is 12.3 Å². The lowest BCUT2D eigenvalue weighted by Crippen LogP contribution is -2.30. The van der Waals surface area contributed by atoms with Crippen LogP contribution in [0.25, 0.3) is 0 Å². The Hall–Kier alpha value is -0.120. The molecule has 10 heavy (non-hydrogen) atoms. The number of aliphatic hydroxyl groups excluding tert-OH is 2. The van der Waals surface area contributed by atoms with Crippen LogP contribution in [0, 0.1) is 5.92 Å². The van der Waals surface area contributed by atoms with E-state index in [1.165, 1.54) is 0 Å². The summed E-state index contributed by atoms with van der Waals surface area (Å²) in [5.41, 5.74) is 5.43. The molecular weight excluding hydrogens is 130 g/mol. The predicted octanol–water partition coefficient (Wildman–Crippen LogP) is -0.533. The summed E-state index contributed by atoms with van der Waals surface area (Å²) in [5, 5.41) is 17.8. The highest BCUT2D eigenvalue weighted by Gasteiger charge is 2.30. The highest BCUT2D eigenvalue weighted by molar-refractivity contribution is 4.83. The molecule has 3 nitrogen and oxygen atoms in total. The summed E-state index contributed by atoms with van der Waals surface area (Å²) in [4.78, 5) is 0. The molecule has 0 amide bonds. The molecule has 0 bridgehead atoms. The zero-order valence-corrected chi connectivity index (χ0v) is 6.03. The van der Waals surface area contributed by atoms with Gasteiger partial charge in [-0.2, -0.15) is 0 Å². The van der Waals surface area contributed by atoms with E-state index in [-0.39, 0.29) is 18.8 Å². The predicted molar refractivity (Wildman–Crippen MR) is 38.4 cm³/mol. The van der Waals surface area contributed by atoms with Gasteiger partial charge in [0.25, 0.3) is 0 Å². The van der Waals surface area contributed by atoms with Crippen molar-refractivity contribution in [1.82, 2.24) is 0 Å². The number of hydrogen-bond acceptors (Lipinski definition) is 3. The molecule has 1 saturated carbocycles. The molecule has 2 atom stereocenters.